The predicted molar refractivity (Wildman–Crippen MR) is 44.4 cm³/mol. The van der Waals surface area contributed by atoms with Crippen molar-refractivity contribution in [2.75, 3.05) is 13.2 Å². The van der Waals surface area contributed by atoms with Gasteiger partial charge >= 0.3 is 0 Å². The van der Waals surface area contributed by atoms with E-state index in [4.69, 9.17) is 9.47 Å². The van der Waals surface area contributed by atoms with Gasteiger partial charge in [0.2, 0.25) is 0 Å². The highest BCUT2D eigenvalue weighted by atomic mass is 16.7. The number of ether oxygens (including phenoxy) is 2. The Morgan fingerprint density at radius 3 is 2.64 bits per heavy atom. The smallest absolute Gasteiger partial charge is 0.177 e. The Morgan fingerprint density at radius 1 is 1.45 bits per heavy atom. The van der Waals surface area contributed by atoms with Crippen LogP contribution in [0.3, 0.4) is 0 Å². The molecule has 0 amide bonds. The molecule has 0 bridgehead atoms. The van der Waals surface area contributed by atoms with Crippen LogP contribution in [0.1, 0.15) is 26.7 Å². The van der Waals surface area contributed by atoms with Crippen LogP contribution in [0.5, 0.6) is 0 Å². The lowest BCUT2D eigenvalue weighted by molar-refractivity contribution is -0.00224. The molecular weight excluding hydrogens is 140 g/mol. The third-order valence-electron chi connectivity index (χ3n) is 1.71. The summed E-state index contributed by atoms with van der Waals surface area (Å²) in [5, 5.41) is 0. The molecule has 0 radical (unpaired) electrons. The molecule has 0 aromatic carbocycles. The van der Waals surface area contributed by atoms with Crippen LogP contribution in [0.4, 0.5) is 0 Å². The van der Waals surface area contributed by atoms with Crippen LogP contribution in [0.2, 0.25) is 0 Å². The van der Waals surface area contributed by atoms with Crippen molar-refractivity contribution in [3.63, 3.8) is 0 Å². The SMILES string of the molecule is CCC/C(C)=C/C1OCCO1. The highest BCUT2D eigenvalue weighted by molar-refractivity contribution is 5.00. The topological polar surface area (TPSA) is 18.5 Å². The van der Waals surface area contributed by atoms with Crippen molar-refractivity contribution in [2.45, 2.75) is 33.0 Å². The first kappa shape index (κ1) is 8.75. The maximum atomic E-state index is 5.27. The van der Waals surface area contributed by atoms with Gasteiger partial charge in [0.05, 0.1) is 13.2 Å². The summed E-state index contributed by atoms with van der Waals surface area (Å²) in [6, 6.07) is 0. The van der Waals surface area contributed by atoms with Crippen LogP contribution in [-0.2, 0) is 9.47 Å². The second-order valence-electron chi connectivity index (χ2n) is 2.87. The summed E-state index contributed by atoms with van der Waals surface area (Å²) in [6.07, 6.45) is 4.33. The van der Waals surface area contributed by atoms with Gasteiger partial charge in [0, 0.05) is 0 Å². The van der Waals surface area contributed by atoms with Gasteiger partial charge in [-0.1, -0.05) is 18.9 Å². The molecule has 0 spiro atoms. The fourth-order valence-corrected chi connectivity index (χ4v) is 1.18. The van der Waals surface area contributed by atoms with Crippen molar-refractivity contribution in [1.29, 1.82) is 0 Å². The molecule has 1 saturated heterocycles. The highest BCUT2D eigenvalue weighted by Gasteiger charge is 2.12. The Kier molecular flexibility index (Phi) is 3.60. The average Bonchev–Trinajstić information content (AvgIpc) is 2.40. The van der Waals surface area contributed by atoms with Crippen LogP contribution in [0, 0.1) is 0 Å². The molecule has 0 saturated carbocycles. The van der Waals surface area contributed by atoms with Crippen molar-refractivity contribution >= 4 is 0 Å². The van der Waals surface area contributed by atoms with E-state index < -0.39 is 0 Å². The Labute approximate surface area is 68.2 Å². The first-order valence-corrected chi connectivity index (χ1v) is 4.23. The number of hydrogen-bond acceptors (Lipinski definition) is 2. The quantitative estimate of drug-likeness (QED) is 0.582. The number of allylic oxidation sites excluding steroid dienone is 1. The summed E-state index contributed by atoms with van der Waals surface area (Å²) in [7, 11) is 0. The predicted octanol–water partition coefficient (Wildman–Crippen LogP) is 2.11. The van der Waals surface area contributed by atoms with Gasteiger partial charge in [0.25, 0.3) is 0 Å². The molecule has 2 heteroatoms. The summed E-state index contributed by atoms with van der Waals surface area (Å²) in [5.74, 6) is 0. The Balaban J connectivity index is 2.30. The molecule has 1 aliphatic rings. The molecule has 1 fully saturated rings. The maximum absolute atomic E-state index is 5.27. The van der Waals surface area contributed by atoms with Crippen molar-refractivity contribution < 1.29 is 9.47 Å². The minimum Gasteiger partial charge on any atom is -0.347 e. The van der Waals surface area contributed by atoms with E-state index in [0.29, 0.717) is 0 Å². The van der Waals surface area contributed by atoms with Crippen molar-refractivity contribution in [3.8, 4) is 0 Å². The van der Waals surface area contributed by atoms with Crippen molar-refractivity contribution in [2.24, 2.45) is 0 Å². The zero-order valence-corrected chi connectivity index (χ0v) is 7.30. The van der Waals surface area contributed by atoms with E-state index in [2.05, 4.69) is 19.9 Å². The minimum absolute atomic E-state index is 0.0680. The van der Waals surface area contributed by atoms with E-state index >= 15 is 0 Å². The van der Waals surface area contributed by atoms with E-state index in [-0.39, 0.29) is 6.29 Å². The van der Waals surface area contributed by atoms with E-state index in [1.165, 1.54) is 12.0 Å². The lowest BCUT2D eigenvalue weighted by Crippen LogP contribution is -2.03. The molecule has 0 aromatic heterocycles. The van der Waals surface area contributed by atoms with E-state index in [9.17, 15) is 0 Å². The lowest BCUT2D eigenvalue weighted by atomic mass is 10.2. The first-order chi connectivity index (χ1) is 5.33. The van der Waals surface area contributed by atoms with Gasteiger partial charge in [-0.15, -0.1) is 0 Å². The molecule has 2 nitrogen and oxygen atoms in total. The zero-order chi connectivity index (χ0) is 8.10. The highest BCUT2D eigenvalue weighted by Crippen LogP contribution is 2.10. The van der Waals surface area contributed by atoms with E-state index in [0.717, 1.165) is 19.6 Å². The third-order valence-corrected chi connectivity index (χ3v) is 1.71. The van der Waals surface area contributed by atoms with E-state index in [1.807, 2.05) is 0 Å². The zero-order valence-electron chi connectivity index (χ0n) is 7.30. The molecule has 11 heavy (non-hydrogen) atoms. The van der Waals surface area contributed by atoms with Crippen molar-refractivity contribution in [3.05, 3.63) is 11.6 Å². The van der Waals surface area contributed by atoms with Gasteiger partial charge < -0.3 is 9.47 Å². The fraction of sp³-hybridized carbons (Fsp3) is 0.778. The Bertz CT molecular complexity index is 134. The average molecular weight is 156 g/mol. The van der Waals surface area contributed by atoms with Gasteiger partial charge in [-0.2, -0.15) is 0 Å². The van der Waals surface area contributed by atoms with Gasteiger partial charge in [-0.3, -0.25) is 0 Å². The Hall–Kier alpha value is -0.340. The van der Waals surface area contributed by atoms with Crippen molar-refractivity contribution in [1.82, 2.24) is 0 Å². The molecule has 0 aliphatic carbocycles. The Morgan fingerprint density at radius 2 is 2.09 bits per heavy atom. The maximum Gasteiger partial charge on any atom is 0.177 e. The van der Waals surface area contributed by atoms with Gasteiger partial charge in [0.1, 0.15) is 0 Å². The van der Waals surface area contributed by atoms with Crippen LogP contribution in [0.15, 0.2) is 11.6 Å². The molecule has 1 aliphatic heterocycles. The van der Waals surface area contributed by atoms with Crippen LogP contribution < -0.4 is 0 Å². The summed E-state index contributed by atoms with van der Waals surface area (Å²) in [4.78, 5) is 0. The fourth-order valence-electron chi connectivity index (χ4n) is 1.18. The second-order valence-corrected chi connectivity index (χ2v) is 2.87. The molecule has 64 valence electrons. The molecule has 0 unspecified atom stereocenters. The normalized spacial score (nSPS) is 21.1. The monoisotopic (exact) mass is 156 g/mol. The molecule has 0 aromatic rings. The summed E-state index contributed by atoms with van der Waals surface area (Å²) < 4.78 is 10.5. The van der Waals surface area contributed by atoms with Gasteiger partial charge in [0.15, 0.2) is 6.29 Å². The lowest BCUT2D eigenvalue weighted by Gasteiger charge is -2.04. The minimum atomic E-state index is -0.0680. The van der Waals surface area contributed by atoms with Crippen LogP contribution >= 0.6 is 0 Å². The molecule has 0 atom stereocenters. The van der Waals surface area contributed by atoms with E-state index in [1.54, 1.807) is 0 Å². The first-order valence-electron chi connectivity index (χ1n) is 4.23. The second kappa shape index (κ2) is 4.52. The van der Waals surface area contributed by atoms with Crippen LogP contribution in [-0.4, -0.2) is 19.5 Å². The van der Waals surface area contributed by atoms with Gasteiger partial charge in [-0.25, -0.2) is 0 Å². The van der Waals surface area contributed by atoms with Gasteiger partial charge in [-0.05, 0) is 19.4 Å². The number of hydrogen-bond donors (Lipinski definition) is 0. The summed E-state index contributed by atoms with van der Waals surface area (Å²) in [5.41, 5.74) is 1.36. The number of rotatable bonds is 3. The molecule has 1 rings (SSSR count). The largest absolute Gasteiger partial charge is 0.347 e. The summed E-state index contributed by atoms with van der Waals surface area (Å²) in [6.45, 7) is 5.77. The molecule has 1 heterocycles. The third kappa shape index (κ3) is 3.04. The molecular formula is C9H16O2. The standard InChI is InChI=1S/C9H16O2/c1-3-4-8(2)7-9-10-5-6-11-9/h7,9H,3-6H2,1-2H3/b8-7+. The summed E-state index contributed by atoms with van der Waals surface area (Å²) >= 11 is 0. The molecule has 0 N–H and O–H groups in total. The van der Waals surface area contributed by atoms with Crippen LogP contribution in [0.25, 0.3) is 0 Å².